The van der Waals surface area contributed by atoms with Crippen molar-refractivity contribution >= 4 is 17.4 Å². The molecule has 0 bridgehead atoms. The van der Waals surface area contributed by atoms with Gasteiger partial charge in [-0.2, -0.15) is 0 Å². The molecule has 0 atom stereocenters. The summed E-state index contributed by atoms with van der Waals surface area (Å²) in [5.41, 5.74) is 4.45. The molecule has 11 nitrogen and oxygen atoms in total. The molecule has 0 unspecified atom stereocenters. The van der Waals surface area contributed by atoms with Gasteiger partial charge in [0.15, 0.2) is 5.82 Å². The minimum absolute atomic E-state index is 0.212. The molecule has 5 rings (SSSR count). The Kier molecular flexibility index (Phi) is 8.69. The first-order valence-corrected chi connectivity index (χ1v) is 14.4. The van der Waals surface area contributed by atoms with Crippen LogP contribution in [0.2, 0.25) is 0 Å². The summed E-state index contributed by atoms with van der Waals surface area (Å²) in [6, 6.07) is 11.9. The number of hydrogen-bond acceptors (Lipinski definition) is 9. The van der Waals surface area contributed by atoms with Crippen LogP contribution in [-0.2, 0) is 10.2 Å². The van der Waals surface area contributed by atoms with Gasteiger partial charge in [-0.3, -0.25) is 14.7 Å². The first kappa shape index (κ1) is 29.4. The number of carbonyl (C=O) groups is 1. The first-order valence-electron chi connectivity index (χ1n) is 14.4. The second-order valence-electron chi connectivity index (χ2n) is 12.0. The van der Waals surface area contributed by atoms with Crippen molar-refractivity contribution in [1.82, 2.24) is 30.0 Å². The molecule has 3 aromatic heterocycles. The predicted molar refractivity (Wildman–Crippen MR) is 162 cm³/mol. The molecular weight excluding hydrogens is 532 g/mol. The summed E-state index contributed by atoms with van der Waals surface area (Å²) in [4.78, 5) is 22.3. The van der Waals surface area contributed by atoms with Gasteiger partial charge in [0.2, 0.25) is 0 Å². The number of carbonyl (C=O) groups excluding carboxylic acids is 1. The number of benzene rings is 1. The van der Waals surface area contributed by atoms with Gasteiger partial charge in [-0.25, -0.2) is 4.68 Å². The normalized spacial score (nSPS) is 14.5. The SMILES string of the molecule is Cc1ncc(C(=O)Nc2cc(C(C)(C)C)on2)cc1-n1cc(-c2cccc(N3CCN(CCOC(C)C)CC3)c2)nn1. The molecule has 11 heteroatoms. The van der Waals surface area contributed by atoms with E-state index >= 15 is 0 Å². The highest BCUT2D eigenvalue weighted by Gasteiger charge is 2.22. The Bertz CT molecular complexity index is 1510. The second-order valence-corrected chi connectivity index (χ2v) is 12.0. The minimum atomic E-state index is -0.335. The third kappa shape index (κ3) is 7.03. The van der Waals surface area contributed by atoms with E-state index < -0.39 is 0 Å². The molecule has 1 fully saturated rings. The maximum Gasteiger partial charge on any atom is 0.258 e. The molecule has 1 amide bonds. The van der Waals surface area contributed by atoms with Gasteiger partial charge in [-0.1, -0.05) is 43.3 Å². The molecule has 1 aliphatic rings. The second kappa shape index (κ2) is 12.4. The highest BCUT2D eigenvalue weighted by atomic mass is 16.5. The van der Waals surface area contributed by atoms with Crippen LogP contribution in [0.4, 0.5) is 11.5 Å². The fourth-order valence-electron chi connectivity index (χ4n) is 4.78. The summed E-state index contributed by atoms with van der Waals surface area (Å²) in [6.07, 6.45) is 3.67. The Balaban J connectivity index is 1.26. The fourth-order valence-corrected chi connectivity index (χ4v) is 4.78. The third-order valence-corrected chi connectivity index (χ3v) is 7.29. The molecule has 4 aromatic rings. The topological polar surface area (TPSA) is 114 Å². The number of ether oxygens (including phenoxy) is 1. The van der Waals surface area contributed by atoms with Crippen molar-refractivity contribution < 1.29 is 14.1 Å². The molecule has 1 N–H and O–H groups in total. The zero-order valence-corrected chi connectivity index (χ0v) is 25.3. The molecule has 222 valence electrons. The molecule has 0 aliphatic carbocycles. The lowest BCUT2D eigenvalue weighted by molar-refractivity contribution is 0.0579. The fraction of sp³-hybridized carbons (Fsp3) is 0.452. The standard InChI is InChI=1S/C31H40N8O3/c1-21(2)41-15-14-37-10-12-38(13-11-37)25-9-7-8-23(16-25)26-20-39(36-34-26)27-17-24(19-32-22(27)3)30(40)33-29-18-28(42-35-29)31(4,5)6/h7-9,16-21H,10-15H2,1-6H3,(H,33,35,40). The lowest BCUT2D eigenvalue weighted by Crippen LogP contribution is -2.47. The van der Waals surface area contributed by atoms with Gasteiger partial charge < -0.3 is 19.5 Å². The zero-order valence-electron chi connectivity index (χ0n) is 25.3. The van der Waals surface area contributed by atoms with Gasteiger partial charge in [0.25, 0.3) is 5.91 Å². The molecule has 1 aliphatic heterocycles. The maximum atomic E-state index is 13.0. The van der Waals surface area contributed by atoms with E-state index in [0.29, 0.717) is 22.8 Å². The molecule has 0 saturated carbocycles. The highest BCUT2D eigenvalue weighted by Crippen LogP contribution is 2.26. The quantitative estimate of drug-likeness (QED) is 0.304. The number of nitrogens with zero attached hydrogens (tertiary/aromatic N) is 7. The Hall–Kier alpha value is -4.09. The van der Waals surface area contributed by atoms with E-state index in [1.807, 2.05) is 40.0 Å². The summed E-state index contributed by atoms with van der Waals surface area (Å²) in [5.74, 6) is 0.712. The van der Waals surface area contributed by atoms with E-state index in [2.05, 4.69) is 67.6 Å². The summed E-state index contributed by atoms with van der Waals surface area (Å²) in [6.45, 7) is 17.7. The third-order valence-electron chi connectivity index (χ3n) is 7.29. The number of piperazine rings is 1. The molecule has 1 aromatic carbocycles. The van der Waals surface area contributed by atoms with Crippen LogP contribution in [0, 0.1) is 6.92 Å². The average Bonchev–Trinajstić information content (AvgIpc) is 3.64. The maximum absolute atomic E-state index is 13.0. The predicted octanol–water partition coefficient (Wildman–Crippen LogP) is 4.72. The van der Waals surface area contributed by atoms with Crippen LogP contribution in [0.25, 0.3) is 16.9 Å². The van der Waals surface area contributed by atoms with Crippen LogP contribution >= 0.6 is 0 Å². The highest BCUT2D eigenvalue weighted by molar-refractivity contribution is 6.03. The van der Waals surface area contributed by atoms with Crippen LogP contribution in [0.5, 0.6) is 0 Å². The lowest BCUT2D eigenvalue weighted by atomic mass is 9.93. The van der Waals surface area contributed by atoms with E-state index in [-0.39, 0.29) is 17.4 Å². The van der Waals surface area contributed by atoms with Gasteiger partial charge in [-0.05, 0) is 39.0 Å². The van der Waals surface area contributed by atoms with Crippen LogP contribution in [0.3, 0.4) is 0 Å². The van der Waals surface area contributed by atoms with E-state index in [1.54, 1.807) is 16.8 Å². The Morgan fingerprint density at radius 2 is 1.90 bits per heavy atom. The first-order chi connectivity index (χ1) is 20.1. The molecule has 1 saturated heterocycles. The molecule has 0 radical (unpaired) electrons. The van der Waals surface area contributed by atoms with Crippen LogP contribution < -0.4 is 10.2 Å². The molecule has 0 spiro atoms. The van der Waals surface area contributed by atoms with Gasteiger partial charge >= 0.3 is 0 Å². The summed E-state index contributed by atoms with van der Waals surface area (Å²) in [7, 11) is 0. The summed E-state index contributed by atoms with van der Waals surface area (Å²) in [5, 5.41) is 15.6. The van der Waals surface area contributed by atoms with E-state index in [1.165, 1.54) is 11.9 Å². The number of pyridine rings is 1. The Morgan fingerprint density at radius 3 is 2.62 bits per heavy atom. The van der Waals surface area contributed by atoms with Crippen LogP contribution in [0.15, 0.2) is 53.3 Å². The number of amides is 1. The summed E-state index contributed by atoms with van der Waals surface area (Å²) < 4.78 is 12.8. The Morgan fingerprint density at radius 1 is 1.12 bits per heavy atom. The van der Waals surface area contributed by atoms with Crippen molar-refractivity contribution in [2.75, 3.05) is 49.5 Å². The van der Waals surface area contributed by atoms with Crippen molar-refractivity contribution in [3.63, 3.8) is 0 Å². The number of rotatable bonds is 9. The number of anilines is 2. The number of aryl methyl sites for hydroxylation is 1. The van der Waals surface area contributed by atoms with Gasteiger partial charge in [0.05, 0.1) is 35.9 Å². The van der Waals surface area contributed by atoms with Crippen LogP contribution in [0.1, 0.15) is 56.4 Å². The van der Waals surface area contributed by atoms with E-state index in [4.69, 9.17) is 9.26 Å². The zero-order chi connectivity index (χ0) is 29.9. The lowest BCUT2D eigenvalue weighted by Gasteiger charge is -2.36. The minimum Gasteiger partial charge on any atom is -0.377 e. The Labute approximate surface area is 246 Å². The van der Waals surface area contributed by atoms with Crippen molar-refractivity contribution in [1.29, 1.82) is 0 Å². The van der Waals surface area contributed by atoms with Crippen molar-refractivity contribution in [3.8, 4) is 16.9 Å². The van der Waals surface area contributed by atoms with Gasteiger partial charge in [0, 0.05) is 61.7 Å². The number of hydrogen-bond donors (Lipinski definition) is 1. The van der Waals surface area contributed by atoms with Crippen molar-refractivity contribution in [3.05, 3.63) is 65.8 Å². The summed E-state index contributed by atoms with van der Waals surface area (Å²) >= 11 is 0. The molecular formula is C31H40N8O3. The van der Waals surface area contributed by atoms with Crippen molar-refractivity contribution in [2.24, 2.45) is 0 Å². The monoisotopic (exact) mass is 572 g/mol. The smallest absolute Gasteiger partial charge is 0.258 e. The van der Waals surface area contributed by atoms with Crippen molar-refractivity contribution in [2.45, 2.75) is 53.1 Å². The van der Waals surface area contributed by atoms with E-state index in [9.17, 15) is 4.79 Å². The number of nitrogens with one attached hydrogen (secondary N) is 1. The van der Waals surface area contributed by atoms with E-state index in [0.717, 1.165) is 56.3 Å². The molecule has 4 heterocycles. The molecule has 42 heavy (non-hydrogen) atoms. The average molecular weight is 573 g/mol. The largest absolute Gasteiger partial charge is 0.377 e. The van der Waals surface area contributed by atoms with Gasteiger partial charge in [-0.15, -0.1) is 5.10 Å². The van der Waals surface area contributed by atoms with Crippen LogP contribution in [-0.4, -0.2) is 81.4 Å². The number of aromatic nitrogens is 5. The van der Waals surface area contributed by atoms with Gasteiger partial charge in [0.1, 0.15) is 11.5 Å².